The van der Waals surface area contributed by atoms with Gasteiger partial charge in [0.15, 0.2) is 0 Å². The number of amides is 1. The molecule has 0 aromatic carbocycles. The van der Waals surface area contributed by atoms with Crippen molar-refractivity contribution in [2.24, 2.45) is 5.92 Å². The number of carbonyl (C=O) groups excluding carboxylic acids is 1. The Hall–Kier alpha value is -0.220. The maximum atomic E-state index is 12.6. The van der Waals surface area contributed by atoms with Gasteiger partial charge in [0.1, 0.15) is 0 Å². The summed E-state index contributed by atoms with van der Waals surface area (Å²) in [7, 11) is 0. The van der Waals surface area contributed by atoms with Crippen molar-refractivity contribution in [3.63, 3.8) is 0 Å². The summed E-state index contributed by atoms with van der Waals surface area (Å²) in [5.74, 6) is 3.56. The van der Waals surface area contributed by atoms with Crippen LogP contribution in [0.4, 0.5) is 0 Å². The van der Waals surface area contributed by atoms with Gasteiger partial charge < -0.3 is 4.90 Å². The van der Waals surface area contributed by atoms with Gasteiger partial charge in [-0.3, -0.25) is 10.1 Å². The molecule has 2 rings (SSSR count). The van der Waals surface area contributed by atoms with Crippen LogP contribution in [0.1, 0.15) is 46.5 Å². The summed E-state index contributed by atoms with van der Waals surface area (Å²) in [6, 6.07) is 0. The molecule has 3 nitrogen and oxygen atoms in total. The standard InChI is InChI=1S/C14H26N2OS/c1-4-12-15-14(3,5-2)13(17)16(12)10-11-6-8-18-9-7-11/h11-12,15H,4-10H2,1-3H3. The zero-order chi connectivity index (χ0) is 13.2. The molecule has 1 amide bonds. The highest BCUT2D eigenvalue weighted by Crippen LogP contribution is 2.29. The molecule has 2 saturated heterocycles. The second-order valence-corrected chi connectivity index (χ2v) is 6.99. The topological polar surface area (TPSA) is 32.3 Å². The van der Waals surface area contributed by atoms with Crippen molar-refractivity contribution in [2.75, 3.05) is 18.1 Å². The first kappa shape index (κ1) is 14.2. The predicted molar refractivity (Wildman–Crippen MR) is 77.7 cm³/mol. The third-order valence-electron chi connectivity index (χ3n) is 4.48. The van der Waals surface area contributed by atoms with Gasteiger partial charge in [0, 0.05) is 6.54 Å². The van der Waals surface area contributed by atoms with E-state index in [0.29, 0.717) is 11.8 Å². The van der Waals surface area contributed by atoms with E-state index in [2.05, 4.69) is 31.0 Å². The zero-order valence-electron chi connectivity index (χ0n) is 11.9. The lowest BCUT2D eigenvalue weighted by Gasteiger charge is -2.30. The summed E-state index contributed by atoms with van der Waals surface area (Å²) in [6.45, 7) is 7.27. The molecule has 2 aliphatic rings. The number of carbonyl (C=O) groups is 1. The van der Waals surface area contributed by atoms with Gasteiger partial charge in [-0.1, -0.05) is 13.8 Å². The van der Waals surface area contributed by atoms with Crippen LogP contribution in [0, 0.1) is 5.92 Å². The van der Waals surface area contributed by atoms with E-state index in [0.717, 1.165) is 19.4 Å². The molecule has 2 unspecified atom stereocenters. The summed E-state index contributed by atoms with van der Waals surface area (Å²) < 4.78 is 0. The molecule has 18 heavy (non-hydrogen) atoms. The molecule has 0 saturated carbocycles. The lowest BCUT2D eigenvalue weighted by molar-refractivity contribution is -0.133. The molecule has 0 radical (unpaired) electrons. The molecule has 2 fully saturated rings. The van der Waals surface area contributed by atoms with Crippen molar-refractivity contribution >= 4 is 17.7 Å². The Morgan fingerprint density at radius 1 is 1.39 bits per heavy atom. The molecule has 0 aromatic heterocycles. The molecule has 1 N–H and O–H groups in total. The van der Waals surface area contributed by atoms with E-state index in [1.165, 1.54) is 24.3 Å². The van der Waals surface area contributed by atoms with Crippen molar-refractivity contribution < 1.29 is 4.79 Å². The highest BCUT2D eigenvalue weighted by atomic mass is 32.2. The second kappa shape index (κ2) is 5.83. The van der Waals surface area contributed by atoms with Crippen LogP contribution < -0.4 is 5.32 Å². The third-order valence-corrected chi connectivity index (χ3v) is 5.53. The molecule has 0 aromatic rings. The molecule has 104 valence electrons. The SMILES string of the molecule is CCC1NC(C)(CC)C(=O)N1CC1CCSCC1. The Kier molecular flexibility index (Phi) is 4.59. The summed E-state index contributed by atoms with van der Waals surface area (Å²) in [5.41, 5.74) is -0.329. The lowest BCUT2D eigenvalue weighted by Crippen LogP contribution is -2.43. The minimum atomic E-state index is -0.329. The van der Waals surface area contributed by atoms with Gasteiger partial charge >= 0.3 is 0 Å². The number of hydrogen-bond donors (Lipinski definition) is 1. The Morgan fingerprint density at radius 2 is 2.06 bits per heavy atom. The largest absolute Gasteiger partial charge is 0.325 e. The number of nitrogens with zero attached hydrogens (tertiary/aromatic N) is 1. The monoisotopic (exact) mass is 270 g/mol. The van der Waals surface area contributed by atoms with Gasteiger partial charge in [0.25, 0.3) is 0 Å². The van der Waals surface area contributed by atoms with Crippen molar-refractivity contribution in [3.8, 4) is 0 Å². The maximum absolute atomic E-state index is 12.6. The zero-order valence-corrected chi connectivity index (χ0v) is 12.7. The smallest absolute Gasteiger partial charge is 0.243 e. The van der Waals surface area contributed by atoms with E-state index in [4.69, 9.17) is 0 Å². The fourth-order valence-electron chi connectivity index (χ4n) is 2.96. The van der Waals surface area contributed by atoms with Gasteiger partial charge in [0.05, 0.1) is 11.7 Å². The lowest BCUT2D eigenvalue weighted by atomic mass is 9.98. The molecule has 0 aliphatic carbocycles. The first-order valence-electron chi connectivity index (χ1n) is 7.27. The molecule has 0 bridgehead atoms. The second-order valence-electron chi connectivity index (χ2n) is 5.77. The summed E-state index contributed by atoms with van der Waals surface area (Å²) >= 11 is 2.05. The van der Waals surface area contributed by atoms with Crippen LogP contribution in [0.25, 0.3) is 0 Å². The summed E-state index contributed by atoms with van der Waals surface area (Å²) in [5, 5.41) is 3.53. The van der Waals surface area contributed by atoms with Crippen LogP contribution in [0.3, 0.4) is 0 Å². The molecular weight excluding hydrogens is 244 g/mol. The number of nitrogens with one attached hydrogen (secondary N) is 1. The Bertz CT molecular complexity index is 304. The summed E-state index contributed by atoms with van der Waals surface area (Å²) in [4.78, 5) is 14.7. The predicted octanol–water partition coefficient (Wildman–Crippen LogP) is 2.47. The fraction of sp³-hybridized carbons (Fsp3) is 0.929. The third kappa shape index (κ3) is 2.69. The number of thioether (sulfide) groups is 1. The number of hydrogen-bond acceptors (Lipinski definition) is 3. The van der Waals surface area contributed by atoms with E-state index < -0.39 is 0 Å². The Labute approximate surface area is 115 Å². The van der Waals surface area contributed by atoms with Crippen molar-refractivity contribution in [3.05, 3.63) is 0 Å². The van der Waals surface area contributed by atoms with E-state index >= 15 is 0 Å². The molecular formula is C14H26N2OS. The fourth-order valence-corrected chi connectivity index (χ4v) is 4.16. The summed E-state index contributed by atoms with van der Waals surface area (Å²) in [6.07, 6.45) is 4.67. The highest BCUT2D eigenvalue weighted by Gasteiger charge is 2.46. The highest BCUT2D eigenvalue weighted by molar-refractivity contribution is 7.99. The molecule has 0 spiro atoms. The Morgan fingerprint density at radius 3 is 2.61 bits per heavy atom. The van der Waals surface area contributed by atoms with Crippen LogP contribution in [0.5, 0.6) is 0 Å². The first-order valence-corrected chi connectivity index (χ1v) is 8.42. The van der Waals surface area contributed by atoms with Gasteiger partial charge in [-0.05, 0) is 50.0 Å². The van der Waals surface area contributed by atoms with Gasteiger partial charge in [-0.25, -0.2) is 0 Å². The van der Waals surface area contributed by atoms with E-state index in [-0.39, 0.29) is 11.7 Å². The molecule has 2 aliphatic heterocycles. The van der Waals surface area contributed by atoms with E-state index in [9.17, 15) is 4.79 Å². The van der Waals surface area contributed by atoms with Gasteiger partial charge in [-0.15, -0.1) is 0 Å². The minimum absolute atomic E-state index is 0.247. The quantitative estimate of drug-likeness (QED) is 0.852. The van der Waals surface area contributed by atoms with Crippen molar-refractivity contribution in [1.29, 1.82) is 0 Å². The van der Waals surface area contributed by atoms with Gasteiger partial charge in [0.2, 0.25) is 5.91 Å². The molecule has 2 heterocycles. The van der Waals surface area contributed by atoms with E-state index in [1.807, 2.05) is 11.8 Å². The first-order chi connectivity index (χ1) is 8.60. The van der Waals surface area contributed by atoms with Crippen LogP contribution in [-0.4, -0.2) is 40.6 Å². The average molecular weight is 270 g/mol. The van der Waals surface area contributed by atoms with Crippen LogP contribution >= 0.6 is 11.8 Å². The molecule has 2 atom stereocenters. The minimum Gasteiger partial charge on any atom is -0.325 e. The van der Waals surface area contributed by atoms with Crippen molar-refractivity contribution in [2.45, 2.75) is 58.2 Å². The Balaban J connectivity index is 2.03. The van der Waals surface area contributed by atoms with Crippen LogP contribution in [-0.2, 0) is 4.79 Å². The maximum Gasteiger partial charge on any atom is 0.243 e. The van der Waals surface area contributed by atoms with Gasteiger partial charge in [-0.2, -0.15) is 11.8 Å². The van der Waals surface area contributed by atoms with Crippen LogP contribution in [0.15, 0.2) is 0 Å². The van der Waals surface area contributed by atoms with E-state index in [1.54, 1.807) is 0 Å². The van der Waals surface area contributed by atoms with Crippen LogP contribution in [0.2, 0.25) is 0 Å². The normalized spacial score (nSPS) is 34.3. The van der Waals surface area contributed by atoms with Crippen molar-refractivity contribution in [1.82, 2.24) is 10.2 Å². The number of rotatable bonds is 4. The average Bonchev–Trinajstić information content (AvgIpc) is 2.65. The molecule has 4 heteroatoms.